The van der Waals surface area contributed by atoms with Crippen LogP contribution in [0.15, 0.2) is 12.1 Å². The van der Waals surface area contributed by atoms with Gasteiger partial charge in [-0.2, -0.15) is 0 Å². The van der Waals surface area contributed by atoms with Crippen LogP contribution in [0.25, 0.3) is 0 Å². The Balaban J connectivity index is 2.75. The van der Waals surface area contributed by atoms with Crippen LogP contribution in [-0.4, -0.2) is 5.11 Å². The van der Waals surface area contributed by atoms with Gasteiger partial charge in [-0.25, -0.2) is 0 Å². The van der Waals surface area contributed by atoms with Gasteiger partial charge in [0, 0.05) is 0 Å². The third-order valence-corrected chi connectivity index (χ3v) is 3.42. The minimum absolute atomic E-state index is 0.543. The fraction of sp³-hybridized carbons (Fsp3) is 0.625. The highest BCUT2D eigenvalue weighted by atomic mass is 16.3. The Hall–Kier alpha value is -0.980. The molecule has 0 aliphatic carbocycles. The van der Waals surface area contributed by atoms with Crippen molar-refractivity contribution in [2.24, 2.45) is 0 Å². The second kappa shape index (κ2) is 7.37. The van der Waals surface area contributed by atoms with Crippen LogP contribution in [0.5, 0.6) is 5.75 Å². The minimum Gasteiger partial charge on any atom is -0.507 e. The van der Waals surface area contributed by atoms with Crippen LogP contribution in [0.4, 0.5) is 0 Å². The van der Waals surface area contributed by atoms with Gasteiger partial charge in [0.1, 0.15) is 5.75 Å². The summed E-state index contributed by atoms with van der Waals surface area (Å²) in [6, 6.07) is 4.32. The maximum atomic E-state index is 10.2. The van der Waals surface area contributed by atoms with E-state index in [0.29, 0.717) is 5.75 Å². The summed E-state index contributed by atoms with van der Waals surface area (Å²) >= 11 is 0. The van der Waals surface area contributed by atoms with E-state index >= 15 is 0 Å². The lowest BCUT2D eigenvalue weighted by atomic mass is 9.97. The summed E-state index contributed by atoms with van der Waals surface area (Å²) in [6.45, 7) is 6.51. The molecule has 0 bridgehead atoms. The fourth-order valence-corrected chi connectivity index (χ4v) is 2.24. The smallest absolute Gasteiger partial charge is 0.121 e. The van der Waals surface area contributed by atoms with Gasteiger partial charge in [0.25, 0.3) is 0 Å². The van der Waals surface area contributed by atoms with E-state index in [9.17, 15) is 5.11 Å². The zero-order valence-electron chi connectivity index (χ0n) is 11.6. The summed E-state index contributed by atoms with van der Waals surface area (Å²) in [4.78, 5) is 0. The third kappa shape index (κ3) is 4.07. The number of phenols is 1. The molecule has 0 unspecified atom stereocenters. The molecule has 0 aliphatic rings. The van der Waals surface area contributed by atoms with Crippen molar-refractivity contribution in [1.29, 1.82) is 0 Å². The molecule has 0 spiro atoms. The average Bonchev–Trinajstić information content (AvgIpc) is 2.36. The molecule has 1 aromatic carbocycles. The predicted molar refractivity (Wildman–Crippen MR) is 74.7 cm³/mol. The molecule has 96 valence electrons. The molecule has 0 amide bonds. The number of unbranched alkanes of at least 4 members (excludes halogenated alkanes) is 3. The van der Waals surface area contributed by atoms with Crippen LogP contribution in [0, 0.1) is 0 Å². The summed E-state index contributed by atoms with van der Waals surface area (Å²) in [7, 11) is 0. The number of hydrogen-bond acceptors (Lipinski definition) is 1. The Morgan fingerprint density at radius 2 is 1.59 bits per heavy atom. The standard InChI is InChI=1S/C16H26O/c1-4-7-8-9-10-15-12-13(5-2)11-14(6-3)16(15)17/h11-12,17H,4-10H2,1-3H3. The van der Waals surface area contributed by atoms with Crippen LogP contribution >= 0.6 is 0 Å². The van der Waals surface area contributed by atoms with Gasteiger partial charge < -0.3 is 5.11 Å². The molecular formula is C16H26O. The summed E-state index contributed by atoms with van der Waals surface area (Å²) in [5.41, 5.74) is 3.61. The highest BCUT2D eigenvalue weighted by molar-refractivity contribution is 5.44. The van der Waals surface area contributed by atoms with Gasteiger partial charge in [0.15, 0.2) is 0 Å². The van der Waals surface area contributed by atoms with Gasteiger partial charge in [-0.05, 0) is 42.4 Å². The molecule has 0 saturated heterocycles. The van der Waals surface area contributed by atoms with Crippen molar-refractivity contribution in [2.75, 3.05) is 0 Å². The maximum Gasteiger partial charge on any atom is 0.121 e. The lowest BCUT2D eigenvalue weighted by molar-refractivity contribution is 0.459. The molecule has 0 radical (unpaired) electrons. The van der Waals surface area contributed by atoms with Crippen molar-refractivity contribution in [3.63, 3.8) is 0 Å². The van der Waals surface area contributed by atoms with Crippen molar-refractivity contribution in [3.05, 3.63) is 28.8 Å². The normalized spacial score (nSPS) is 10.8. The SMILES string of the molecule is CCCCCCc1cc(CC)cc(CC)c1O. The highest BCUT2D eigenvalue weighted by Gasteiger charge is 2.08. The zero-order valence-corrected chi connectivity index (χ0v) is 11.6. The van der Waals surface area contributed by atoms with E-state index in [0.717, 1.165) is 30.4 Å². The van der Waals surface area contributed by atoms with E-state index < -0.39 is 0 Å². The summed E-state index contributed by atoms with van der Waals surface area (Å²) in [6.07, 6.45) is 8.02. The molecule has 17 heavy (non-hydrogen) atoms. The molecule has 0 heterocycles. The molecule has 1 aromatic rings. The van der Waals surface area contributed by atoms with Gasteiger partial charge in [-0.3, -0.25) is 0 Å². The number of benzene rings is 1. The molecule has 0 aromatic heterocycles. The van der Waals surface area contributed by atoms with E-state index in [1.807, 2.05) is 0 Å². The Bertz CT molecular complexity index is 342. The first-order chi connectivity index (χ1) is 8.22. The molecule has 0 atom stereocenters. The lowest BCUT2D eigenvalue weighted by Gasteiger charge is -2.11. The second-order valence-electron chi connectivity index (χ2n) is 4.78. The third-order valence-electron chi connectivity index (χ3n) is 3.42. The zero-order chi connectivity index (χ0) is 12.7. The van der Waals surface area contributed by atoms with E-state index in [-0.39, 0.29) is 0 Å². The first-order valence-corrected chi connectivity index (χ1v) is 7.06. The predicted octanol–water partition coefficient (Wildman–Crippen LogP) is 4.64. The minimum atomic E-state index is 0.543. The van der Waals surface area contributed by atoms with E-state index in [4.69, 9.17) is 0 Å². The topological polar surface area (TPSA) is 20.2 Å². The number of rotatable bonds is 7. The lowest BCUT2D eigenvalue weighted by Crippen LogP contribution is -1.94. The maximum absolute atomic E-state index is 10.2. The van der Waals surface area contributed by atoms with E-state index in [1.54, 1.807) is 0 Å². The van der Waals surface area contributed by atoms with Gasteiger partial charge in [-0.1, -0.05) is 52.2 Å². The van der Waals surface area contributed by atoms with Crippen LogP contribution in [0.3, 0.4) is 0 Å². The number of phenolic OH excluding ortho intramolecular Hbond substituents is 1. The summed E-state index contributed by atoms with van der Waals surface area (Å²) in [5, 5.41) is 10.2. The Morgan fingerprint density at radius 1 is 0.882 bits per heavy atom. The molecule has 1 nitrogen and oxygen atoms in total. The van der Waals surface area contributed by atoms with Crippen molar-refractivity contribution < 1.29 is 5.11 Å². The molecule has 0 fully saturated rings. The Labute approximate surface area is 106 Å². The van der Waals surface area contributed by atoms with Crippen molar-refractivity contribution in [2.45, 2.75) is 65.7 Å². The second-order valence-corrected chi connectivity index (χ2v) is 4.78. The first kappa shape index (κ1) is 14.1. The van der Waals surface area contributed by atoms with Crippen molar-refractivity contribution in [1.82, 2.24) is 0 Å². The molecule has 1 heteroatoms. The number of aryl methyl sites for hydroxylation is 3. The van der Waals surface area contributed by atoms with Gasteiger partial charge >= 0.3 is 0 Å². The van der Waals surface area contributed by atoms with Crippen LogP contribution in [-0.2, 0) is 19.3 Å². The van der Waals surface area contributed by atoms with E-state index in [1.165, 1.54) is 31.2 Å². The van der Waals surface area contributed by atoms with Crippen molar-refractivity contribution >= 4 is 0 Å². The Kier molecular flexibility index (Phi) is 6.10. The van der Waals surface area contributed by atoms with Gasteiger partial charge in [-0.15, -0.1) is 0 Å². The molecule has 0 aliphatic heterocycles. The van der Waals surface area contributed by atoms with Crippen LogP contribution in [0.1, 0.15) is 63.1 Å². The van der Waals surface area contributed by atoms with Crippen molar-refractivity contribution in [3.8, 4) is 5.75 Å². The van der Waals surface area contributed by atoms with E-state index in [2.05, 4.69) is 32.9 Å². The van der Waals surface area contributed by atoms with Gasteiger partial charge in [0.2, 0.25) is 0 Å². The Morgan fingerprint density at radius 3 is 2.18 bits per heavy atom. The van der Waals surface area contributed by atoms with Gasteiger partial charge in [0.05, 0.1) is 0 Å². The largest absolute Gasteiger partial charge is 0.507 e. The number of hydrogen-bond donors (Lipinski definition) is 1. The highest BCUT2D eigenvalue weighted by Crippen LogP contribution is 2.27. The van der Waals surface area contributed by atoms with Crippen LogP contribution in [0.2, 0.25) is 0 Å². The first-order valence-electron chi connectivity index (χ1n) is 7.06. The molecule has 1 N–H and O–H groups in total. The summed E-state index contributed by atoms with van der Waals surface area (Å²) in [5.74, 6) is 0.543. The monoisotopic (exact) mass is 234 g/mol. The molecular weight excluding hydrogens is 208 g/mol. The quantitative estimate of drug-likeness (QED) is 0.681. The van der Waals surface area contributed by atoms with Crippen LogP contribution < -0.4 is 0 Å². The molecule has 0 saturated carbocycles. The summed E-state index contributed by atoms with van der Waals surface area (Å²) < 4.78 is 0. The average molecular weight is 234 g/mol. The number of aromatic hydroxyl groups is 1. The fourth-order valence-electron chi connectivity index (χ4n) is 2.24. The molecule has 1 rings (SSSR count).